The normalized spacial score (nSPS) is 36.5. The van der Waals surface area contributed by atoms with E-state index in [1.807, 2.05) is 20.8 Å². The summed E-state index contributed by atoms with van der Waals surface area (Å²) in [5, 5.41) is 15.8. The first-order valence-electron chi connectivity index (χ1n) is 11.4. The fraction of sp³-hybridized carbons (Fsp3) is 0.864. The number of carbonyl (C=O) groups excluding carboxylic acids is 3. The number of aliphatic hydroxyl groups is 1. The summed E-state index contributed by atoms with van der Waals surface area (Å²) in [4.78, 5) is 41.6. The molecule has 3 N–H and O–H groups in total. The maximum Gasteiger partial charge on any atom is 0.246 e. The molecule has 1 spiro atoms. The van der Waals surface area contributed by atoms with Gasteiger partial charge in [0.05, 0.1) is 30.1 Å². The maximum atomic E-state index is 13.6. The summed E-state index contributed by atoms with van der Waals surface area (Å²) in [6.45, 7) is 9.87. The zero-order valence-electron chi connectivity index (χ0n) is 18.9. The van der Waals surface area contributed by atoms with Crippen molar-refractivity contribution >= 4 is 17.7 Å². The quantitative estimate of drug-likeness (QED) is 0.512. The first-order chi connectivity index (χ1) is 14.2. The molecule has 3 aliphatic rings. The molecule has 3 fully saturated rings. The molecular formula is C22H37N3O5. The Morgan fingerprint density at radius 3 is 2.53 bits per heavy atom. The van der Waals surface area contributed by atoms with Gasteiger partial charge < -0.3 is 25.4 Å². The molecule has 170 valence electrons. The summed E-state index contributed by atoms with van der Waals surface area (Å²) in [6, 6.07) is -1.41. The van der Waals surface area contributed by atoms with Crippen molar-refractivity contribution < 1.29 is 24.2 Å². The van der Waals surface area contributed by atoms with Crippen LogP contribution in [0.15, 0.2) is 0 Å². The molecular weight excluding hydrogens is 386 g/mol. The Hall–Kier alpha value is -1.67. The van der Waals surface area contributed by atoms with E-state index in [2.05, 4.69) is 17.6 Å². The van der Waals surface area contributed by atoms with Crippen LogP contribution < -0.4 is 10.6 Å². The molecule has 2 bridgehead atoms. The number of amides is 3. The van der Waals surface area contributed by atoms with Gasteiger partial charge in [0, 0.05) is 12.6 Å². The number of fused-ring (bicyclic) bond motifs is 1. The van der Waals surface area contributed by atoms with Crippen molar-refractivity contribution in [3.05, 3.63) is 0 Å². The smallest absolute Gasteiger partial charge is 0.246 e. The van der Waals surface area contributed by atoms with Crippen LogP contribution in [0.25, 0.3) is 0 Å². The minimum Gasteiger partial charge on any atom is -0.394 e. The molecule has 8 heteroatoms. The second kappa shape index (κ2) is 8.46. The fourth-order valence-electron chi connectivity index (χ4n) is 5.81. The Morgan fingerprint density at radius 1 is 1.23 bits per heavy atom. The average molecular weight is 424 g/mol. The van der Waals surface area contributed by atoms with Gasteiger partial charge in [0.2, 0.25) is 17.7 Å². The van der Waals surface area contributed by atoms with E-state index in [0.29, 0.717) is 19.4 Å². The number of nitrogens with one attached hydrogen (secondary N) is 2. The summed E-state index contributed by atoms with van der Waals surface area (Å²) in [6.07, 6.45) is 3.74. The van der Waals surface area contributed by atoms with Crippen LogP contribution in [0, 0.1) is 11.8 Å². The van der Waals surface area contributed by atoms with Gasteiger partial charge in [-0.3, -0.25) is 14.4 Å². The Kier molecular flexibility index (Phi) is 6.49. The summed E-state index contributed by atoms with van der Waals surface area (Å²) in [5.74, 6) is -2.05. The number of aliphatic hydroxyl groups excluding tert-OH is 1. The van der Waals surface area contributed by atoms with Crippen molar-refractivity contribution in [2.75, 3.05) is 13.2 Å². The number of hydrogen-bond donors (Lipinski definition) is 3. The molecule has 3 rings (SSSR count). The van der Waals surface area contributed by atoms with Gasteiger partial charge in [0.15, 0.2) is 0 Å². The molecule has 0 aromatic carbocycles. The van der Waals surface area contributed by atoms with E-state index in [4.69, 9.17) is 4.74 Å². The van der Waals surface area contributed by atoms with Gasteiger partial charge in [-0.1, -0.05) is 20.3 Å². The molecule has 3 amide bonds. The predicted molar refractivity (Wildman–Crippen MR) is 111 cm³/mol. The molecule has 0 aromatic heterocycles. The number of hydrogen-bond acceptors (Lipinski definition) is 5. The summed E-state index contributed by atoms with van der Waals surface area (Å²) in [5.41, 5.74) is -1.79. The number of carbonyl (C=O) groups is 3. The monoisotopic (exact) mass is 423 g/mol. The lowest BCUT2D eigenvalue weighted by Crippen LogP contribution is -2.58. The topological polar surface area (TPSA) is 108 Å². The van der Waals surface area contributed by atoms with Crippen LogP contribution in [0.3, 0.4) is 0 Å². The molecule has 30 heavy (non-hydrogen) atoms. The van der Waals surface area contributed by atoms with Gasteiger partial charge in [-0.15, -0.1) is 0 Å². The minimum absolute atomic E-state index is 0.0304. The van der Waals surface area contributed by atoms with Crippen molar-refractivity contribution in [2.45, 2.75) is 96.1 Å². The SMILES string of the molecule is CCCNC(=O)[C@@H]1[C@H]2C(=O)N([C@H](C)CO)C(C(=O)NC(C)CCC)C23CC[C@@]1(C)O3. The number of likely N-dealkylation sites (tertiary alicyclic amines) is 1. The molecule has 3 saturated heterocycles. The highest BCUT2D eigenvalue weighted by Gasteiger charge is 2.78. The minimum atomic E-state index is -1.03. The van der Waals surface area contributed by atoms with Crippen molar-refractivity contribution in [3.63, 3.8) is 0 Å². The largest absolute Gasteiger partial charge is 0.394 e. The number of ether oxygens (including phenoxy) is 1. The molecule has 0 aliphatic carbocycles. The van der Waals surface area contributed by atoms with Gasteiger partial charge in [-0.05, 0) is 46.5 Å². The fourth-order valence-corrected chi connectivity index (χ4v) is 5.81. The summed E-state index contributed by atoms with van der Waals surface area (Å²) in [7, 11) is 0. The highest BCUT2D eigenvalue weighted by atomic mass is 16.5. The van der Waals surface area contributed by atoms with Crippen LogP contribution in [0.5, 0.6) is 0 Å². The van der Waals surface area contributed by atoms with Gasteiger partial charge in [-0.25, -0.2) is 0 Å². The molecule has 0 radical (unpaired) electrons. The Labute approximate surface area is 179 Å². The summed E-state index contributed by atoms with van der Waals surface area (Å²) < 4.78 is 6.49. The van der Waals surface area contributed by atoms with E-state index in [1.165, 1.54) is 4.90 Å². The van der Waals surface area contributed by atoms with Gasteiger partial charge in [-0.2, -0.15) is 0 Å². The van der Waals surface area contributed by atoms with Crippen LogP contribution in [0.2, 0.25) is 0 Å². The van der Waals surface area contributed by atoms with Crippen LogP contribution >= 0.6 is 0 Å². The number of rotatable bonds is 9. The third-order valence-electron chi connectivity index (χ3n) is 7.14. The highest BCUT2D eigenvalue weighted by Crippen LogP contribution is 2.63. The Morgan fingerprint density at radius 2 is 1.93 bits per heavy atom. The first-order valence-corrected chi connectivity index (χ1v) is 11.4. The van der Waals surface area contributed by atoms with E-state index < -0.39 is 35.1 Å². The van der Waals surface area contributed by atoms with Crippen LogP contribution in [-0.2, 0) is 19.1 Å². The third-order valence-corrected chi connectivity index (χ3v) is 7.14. The van der Waals surface area contributed by atoms with Crippen LogP contribution in [-0.4, -0.2) is 70.2 Å². The van der Waals surface area contributed by atoms with E-state index in [9.17, 15) is 19.5 Å². The lowest BCUT2D eigenvalue weighted by atomic mass is 9.66. The standard InChI is InChI=1S/C22H37N3O5/c1-6-8-13(3)24-19(28)17-22-10-9-21(5,30-22)15(18(27)23-11-7-2)16(22)20(29)25(17)14(4)12-26/h13-17,26H,6-12H2,1-5H3,(H,23,27)(H,24,28)/t13?,14-,15+,16+,17?,21-,22?/m1/s1. The Bertz CT molecular complexity index is 700. The molecule has 3 heterocycles. The van der Waals surface area contributed by atoms with Crippen LogP contribution in [0.1, 0.15) is 66.7 Å². The lowest BCUT2D eigenvalue weighted by Gasteiger charge is -2.36. The molecule has 0 saturated carbocycles. The van der Waals surface area contributed by atoms with Gasteiger partial charge >= 0.3 is 0 Å². The highest BCUT2D eigenvalue weighted by molar-refractivity contribution is 5.99. The lowest BCUT2D eigenvalue weighted by molar-refractivity contribution is -0.149. The maximum absolute atomic E-state index is 13.6. The number of nitrogens with zero attached hydrogens (tertiary/aromatic N) is 1. The van der Waals surface area contributed by atoms with E-state index >= 15 is 0 Å². The second-order valence-corrected chi connectivity index (χ2v) is 9.49. The molecule has 7 atom stereocenters. The van der Waals surface area contributed by atoms with Gasteiger partial charge in [0.1, 0.15) is 11.6 Å². The molecule has 0 aromatic rings. The van der Waals surface area contributed by atoms with Crippen molar-refractivity contribution in [3.8, 4) is 0 Å². The van der Waals surface area contributed by atoms with Crippen molar-refractivity contribution in [1.29, 1.82) is 0 Å². The average Bonchev–Trinajstić information content (AvgIpc) is 3.26. The Balaban J connectivity index is 1.99. The van der Waals surface area contributed by atoms with Crippen LogP contribution in [0.4, 0.5) is 0 Å². The first kappa shape index (κ1) is 23.0. The second-order valence-electron chi connectivity index (χ2n) is 9.49. The molecule has 8 nitrogen and oxygen atoms in total. The van der Waals surface area contributed by atoms with E-state index in [-0.39, 0.29) is 30.4 Å². The van der Waals surface area contributed by atoms with Crippen molar-refractivity contribution in [2.24, 2.45) is 11.8 Å². The molecule has 3 aliphatic heterocycles. The molecule has 3 unspecified atom stereocenters. The zero-order chi connectivity index (χ0) is 22.3. The third kappa shape index (κ3) is 3.42. The van der Waals surface area contributed by atoms with E-state index in [1.54, 1.807) is 6.92 Å². The van der Waals surface area contributed by atoms with Gasteiger partial charge in [0.25, 0.3) is 0 Å². The van der Waals surface area contributed by atoms with E-state index in [0.717, 1.165) is 19.3 Å². The predicted octanol–water partition coefficient (Wildman–Crippen LogP) is 0.963. The zero-order valence-corrected chi connectivity index (χ0v) is 18.9. The summed E-state index contributed by atoms with van der Waals surface area (Å²) >= 11 is 0. The van der Waals surface area contributed by atoms with Crippen molar-refractivity contribution in [1.82, 2.24) is 15.5 Å².